The van der Waals surface area contributed by atoms with Gasteiger partial charge in [-0.25, -0.2) is 0 Å². The van der Waals surface area contributed by atoms with Crippen molar-refractivity contribution in [3.63, 3.8) is 0 Å². The van der Waals surface area contributed by atoms with Gasteiger partial charge in [-0.05, 0) is 203 Å². The maximum Gasteiger partial charge on any atom is -0.0407 e. The predicted molar refractivity (Wildman–Crippen MR) is 241 cm³/mol. The fourth-order valence-electron chi connectivity index (χ4n) is 12.4. The van der Waals surface area contributed by atoms with Gasteiger partial charge in [-0.15, -0.1) is 0 Å². The van der Waals surface area contributed by atoms with Crippen LogP contribution in [-0.2, 0) is 0 Å². The molecule has 0 bridgehead atoms. The molecule has 0 aliphatic rings. The van der Waals surface area contributed by atoms with Gasteiger partial charge >= 0.3 is 0 Å². The van der Waals surface area contributed by atoms with Gasteiger partial charge in [-0.2, -0.15) is 0 Å². The first kappa shape index (κ1) is 52.0. The van der Waals surface area contributed by atoms with Crippen molar-refractivity contribution in [1.29, 1.82) is 0 Å². The summed E-state index contributed by atoms with van der Waals surface area (Å²) in [6.07, 6.45) is 22.7. The molecule has 0 N–H and O–H groups in total. The van der Waals surface area contributed by atoms with Crippen molar-refractivity contribution in [1.82, 2.24) is 0 Å². The Morgan fingerprint density at radius 1 is 0.154 bits per heavy atom. The van der Waals surface area contributed by atoms with Crippen molar-refractivity contribution in [2.24, 2.45) is 101 Å². The quantitative estimate of drug-likeness (QED) is 0.0646. The minimum atomic E-state index is 0.813. The van der Waals surface area contributed by atoms with Crippen LogP contribution in [0.3, 0.4) is 0 Å². The highest BCUT2D eigenvalue weighted by atomic mass is 14.3. The summed E-state index contributed by atoms with van der Waals surface area (Å²) in [7, 11) is 0. The average molecular weight is 731 g/mol. The SMILES string of the molecule is CC(C)CC(C)CC(C)CC(C)CC(C)CC(C[C@@H](C)CC(C)C)C[C@H](C)C[C@H](C)C[C@H](C)CC(CC(C)C)CC(C)CC(C)CC(C)CC(C)C. The summed E-state index contributed by atoms with van der Waals surface area (Å²) < 4.78 is 0. The Morgan fingerprint density at radius 2 is 0.288 bits per heavy atom. The summed E-state index contributed by atoms with van der Waals surface area (Å²) in [5.41, 5.74) is 0. The van der Waals surface area contributed by atoms with E-state index >= 15 is 0 Å². The van der Waals surface area contributed by atoms with Crippen molar-refractivity contribution < 1.29 is 0 Å². The maximum absolute atomic E-state index is 2.61. The Morgan fingerprint density at radius 3 is 0.481 bits per heavy atom. The van der Waals surface area contributed by atoms with E-state index in [1.54, 1.807) is 0 Å². The highest BCUT2D eigenvalue weighted by Gasteiger charge is 2.25. The van der Waals surface area contributed by atoms with E-state index < -0.39 is 0 Å². The minimum absolute atomic E-state index is 0.813. The molecule has 0 aromatic rings. The van der Waals surface area contributed by atoms with E-state index in [1.165, 1.54) is 103 Å². The lowest BCUT2D eigenvalue weighted by atomic mass is 9.75. The molecule has 0 aliphatic carbocycles. The molecular formula is C52H106. The van der Waals surface area contributed by atoms with Crippen LogP contribution in [0, 0.1) is 101 Å². The van der Waals surface area contributed by atoms with Crippen LogP contribution >= 0.6 is 0 Å². The number of hydrogen-bond acceptors (Lipinski definition) is 0. The summed E-state index contributed by atoms with van der Waals surface area (Å²) >= 11 is 0. The van der Waals surface area contributed by atoms with Gasteiger partial charge in [0.2, 0.25) is 0 Å². The molecule has 0 saturated heterocycles. The van der Waals surface area contributed by atoms with Crippen molar-refractivity contribution >= 4 is 0 Å². The number of hydrogen-bond donors (Lipinski definition) is 0. The molecule has 52 heavy (non-hydrogen) atoms. The van der Waals surface area contributed by atoms with Gasteiger partial charge in [0, 0.05) is 0 Å². The van der Waals surface area contributed by atoms with Crippen molar-refractivity contribution in [2.45, 2.75) is 234 Å². The average Bonchev–Trinajstić information content (AvgIpc) is 2.89. The van der Waals surface area contributed by atoms with Gasteiger partial charge < -0.3 is 0 Å². The molecule has 13 atom stereocenters. The van der Waals surface area contributed by atoms with Crippen LogP contribution in [0.25, 0.3) is 0 Å². The van der Waals surface area contributed by atoms with Gasteiger partial charge in [-0.3, -0.25) is 0 Å². The van der Waals surface area contributed by atoms with Crippen LogP contribution in [0.15, 0.2) is 0 Å². The lowest BCUT2D eigenvalue weighted by Gasteiger charge is -2.31. The second kappa shape index (κ2) is 28.4. The molecule has 0 aromatic carbocycles. The monoisotopic (exact) mass is 731 g/mol. The first-order valence-electron chi connectivity index (χ1n) is 24.0. The maximum atomic E-state index is 2.61. The number of rotatable bonds is 32. The molecular weight excluding hydrogens is 625 g/mol. The van der Waals surface area contributed by atoms with Crippen LogP contribution in [0.1, 0.15) is 234 Å². The zero-order chi connectivity index (χ0) is 40.1. The second-order valence-electron chi connectivity index (χ2n) is 23.2. The first-order chi connectivity index (χ1) is 24.0. The molecule has 0 aromatic heterocycles. The summed E-state index contributed by atoms with van der Waals surface area (Å²) in [5.74, 6) is 14.5. The standard InChI is InChI=1S/C52H106/c1-36(2)20-40(9)24-43(12)26-45(14)28-49(18)34-52(31-42(11)22-38(5)6)35-50(19)30-46(15)29-48(17)33-51(23-39(7)8)32-47(16)27-44(13)25-41(10)21-37(3)4/h36-52H,20-35H2,1-19H3/t40?,41?,42-,43?,44?,45?,46+,47?,48-,49?,50+,51?,52?/m0/s1. The molecule has 0 aliphatic heterocycles. The Kier molecular flexibility index (Phi) is 28.4. The Labute approximate surface area is 333 Å². The van der Waals surface area contributed by atoms with Crippen molar-refractivity contribution in [3.05, 3.63) is 0 Å². The third kappa shape index (κ3) is 29.3. The molecule has 0 fully saturated rings. The van der Waals surface area contributed by atoms with Gasteiger partial charge in [0.05, 0.1) is 0 Å². The second-order valence-corrected chi connectivity index (χ2v) is 23.2. The topological polar surface area (TPSA) is 0 Å². The van der Waals surface area contributed by atoms with Crippen LogP contribution in [0.4, 0.5) is 0 Å². The first-order valence-corrected chi connectivity index (χ1v) is 24.0. The van der Waals surface area contributed by atoms with Crippen LogP contribution in [-0.4, -0.2) is 0 Å². The fraction of sp³-hybridized carbons (Fsp3) is 1.00. The van der Waals surface area contributed by atoms with E-state index in [9.17, 15) is 0 Å². The molecule has 0 heteroatoms. The molecule has 0 heterocycles. The summed E-state index contributed by atoms with van der Waals surface area (Å²) in [6, 6.07) is 0. The minimum Gasteiger partial charge on any atom is -0.0628 e. The molecule has 0 radical (unpaired) electrons. The molecule has 0 saturated carbocycles. The molecule has 314 valence electrons. The normalized spacial score (nSPS) is 20.4. The zero-order valence-electron chi connectivity index (χ0n) is 40.1. The zero-order valence-corrected chi connectivity index (χ0v) is 40.1. The van der Waals surface area contributed by atoms with E-state index in [2.05, 4.69) is 132 Å². The predicted octanol–water partition coefficient (Wildman–Crippen LogP) is 18.1. The Bertz CT molecular complexity index is 805. The Hall–Kier alpha value is 0. The largest absolute Gasteiger partial charge is 0.0628 e. The van der Waals surface area contributed by atoms with E-state index in [0.717, 1.165) is 101 Å². The van der Waals surface area contributed by atoms with E-state index in [0.29, 0.717) is 0 Å². The van der Waals surface area contributed by atoms with E-state index in [4.69, 9.17) is 0 Å². The fourth-order valence-corrected chi connectivity index (χ4v) is 12.4. The third-order valence-corrected chi connectivity index (χ3v) is 12.7. The molecule has 0 nitrogen and oxygen atoms in total. The molecule has 9 unspecified atom stereocenters. The van der Waals surface area contributed by atoms with Crippen LogP contribution in [0.5, 0.6) is 0 Å². The summed E-state index contributed by atoms with van der Waals surface area (Å²) in [4.78, 5) is 0. The van der Waals surface area contributed by atoms with E-state index in [1.807, 2.05) is 0 Å². The van der Waals surface area contributed by atoms with Crippen molar-refractivity contribution in [2.75, 3.05) is 0 Å². The Balaban J connectivity index is 5.16. The van der Waals surface area contributed by atoms with Gasteiger partial charge in [0.15, 0.2) is 0 Å². The lowest BCUT2D eigenvalue weighted by molar-refractivity contribution is 0.209. The molecule has 0 rings (SSSR count). The van der Waals surface area contributed by atoms with Gasteiger partial charge in [0.1, 0.15) is 0 Å². The highest BCUT2D eigenvalue weighted by Crippen LogP contribution is 2.37. The lowest BCUT2D eigenvalue weighted by Crippen LogP contribution is -2.19. The van der Waals surface area contributed by atoms with Crippen molar-refractivity contribution in [3.8, 4) is 0 Å². The third-order valence-electron chi connectivity index (χ3n) is 12.7. The highest BCUT2D eigenvalue weighted by molar-refractivity contribution is 4.76. The molecule has 0 amide bonds. The van der Waals surface area contributed by atoms with E-state index in [-0.39, 0.29) is 0 Å². The van der Waals surface area contributed by atoms with Gasteiger partial charge in [-0.1, -0.05) is 132 Å². The smallest absolute Gasteiger partial charge is 0.0407 e. The summed E-state index contributed by atoms with van der Waals surface area (Å²) in [6.45, 7) is 47.4. The summed E-state index contributed by atoms with van der Waals surface area (Å²) in [5, 5.41) is 0. The molecule has 0 spiro atoms. The van der Waals surface area contributed by atoms with Crippen LogP contribution in [0.2, 0.25) is 0 Å². The van der Waals surface area contributed by atoms with Gasteiger partial charge in [0.25, 0.3) is 0 Å². The van der Waals surface area contributed by atoms with Crippen LogP contribution < -0.4 is 0 Å².